The number of nitrogen functional groups attached to an aromatic ring is 1. The summed E-state index contributed by atoms with van der Waals surface area (Å²) < 4.78 is 1.02. The number of nitrogens with one attached hydrogen (secondary N) is 1. The predicted molar refractivity (Wildman–Crippen MR) is 73.6 cm³/mol. The van der Waals surface area contributed by atoms with E-state index in [2.05, 4.69) is 31.2 Å². The zero-order chi connectivity index (χ0) is 12.4. The maximum absolute atomic E-state index is 5.82. The number of nitrogens with zero attached hydrogens (tertiary/aromatic N) is 2. The van der Waals surface area contributed by atoms with E-state index >= 15 is 0 Å². The smallest absolute Gasteiger partial charge is 0.158 e. The fraction of sp³-hybridized carbons (Fsp3) is 0.0909. The molecule has 0 atom stereocenters. The first-order chi connectivity index (χ1) is 8.08. The average molecular weight is 314 g/mol. The SMILES string of the molecule is Cc1cc(Br)ccc1Nc1ncnc(Cl)c1N. The van der Waals surface area contributed by atoms with E-state index in [9.17, 15) is 0 Å². The molecule has 0 fully saturated rings. The van der Waals surface area contributed by atoms with Crippen LogP contribution in [-0.4, -0.2) is 9.97 Å². The molecule has 0 aliphatic rings. The molecule has 0 saturated heterocycles. The van der Waals surface area contributed by atoms with Gasteiger partial charge in [0.15, 0.2) is 11.0 Å². The minimum absolute atomic E-state index is 0.247. The highest BCUT2D eigenvalue weighted by Gasteiger charge is 2.07. The Morgan fingerprint density at radius 3 is 2.82 bits per heavy atom. The van der Waals surface area contributed by atoms with Gasteiger partial charge in [-0.2, -0.15) is 0 Å². The van der Waals surface area contributed by atoms with Crippen molar-refractivity contribution in [2.75, 3.05) is 11.1 Å². The Labute approximate surface area is 112 Å². The van der Waals surface area contributed by atoms with Crippen LogP contribution in [0.5, 0.6) is 0 Å². The zero-order valence-corrected chi connectivity index (χ0v) is 11.4. The molecule has 0 spiro atoms. The van der Waals surface area contributed by atoms with E-state index in [0.717, 1.165) is 15.7 Å². The summed E-state index contributed by atoms with van der Waals surface area (Å²) in [6.07, 6.45) is 1.37. The van der Waals surface area contributed by atoms with Crippen LogP contribution in [0, 0.1) is 6.92 Å². The molecule has 2 rings (SSSR count). The summed E-state index contributed by atoms with van der Waals surface area (Å²) in [4.78, 5) is 7.85. The summed E-state index contributed by atoms with van der Waals surface area (Å²) >= 11 is 9.23. The molecule has 0 aliphatic heterocycles. The van der Waals surface area contributed by atoms with Gasteiger partial charge in [0, 0.05) is 10.2 Å². The lowest BCUT2D eigenvalue weighted by Crippen LogP contribution is -2.02. The molecule has 0 amide bonds. The van der Waals surface area contributed by atoms with Crippen LogP contribution in [-0.2, 0) is 0 Å². The topological polar surface area (TPSA) is 63.8 Å². The summed E-state index contributed by atoms with van der Waals surface area (Å²) in [7, 11) is 0. The molecular formula is C11H10BrClN4. The number of halogens is 2. The number of hydrogen-bond acceptors (Lipinski definition) is 4. The van der Waals surface area contributed by atoms with Crippen molar-refractivity contribution >= 4 is 44.7 Å². The van der Waals surface area contributed by atoms with Crippen LogP contribution in [0.15, 0.2) is 29.0 Å². The maximum atomic E-state index is 5.82. The maximum Gasteiger partial charge on any atom is 0.158 e. The summed E-state index contributed by atoms with van der Waals surface area (Å²) in [5, 5.41) is 3.37. The van der Waals surface area contributed by atoms with Crippen molar-refractivity contribution in [2.45, 2.75) is 6.92 Å². The molecule has 17 heavy (non-hydrogen) atoms. The minimum Gasteiger partial charge on any atom is -0.393 e. The van der Waals surface area contributed by atoms with Crippen molar-refractivity contribution in [3.05, 3.63) is 39.7 Å². The Morgan fingerprint density at radius 2 is 2.12 bits per heavy atom. The van der Waals surface area contributed by atoms with Gasteiger partial charge in [-0.1, -0.05) is 27.5 Å². The largest absolute Gasteiger partial charge is 0.393 e. The number of benzene rings is 1. The molecular weight excluding hydrogens is 304 g/mol. The normalized spacial score (nSPS) is 10.3. The van der Waals surface area contributed by atoms with E-state index in [1.807, 2.05) is 25.1 Å². The second-order valence-corrected chi connectivity index (χ2v) is 4.78. The van der Waals surface area contributed by atoms with Crippen molar-refractivity contribution in [2.24, 2.45) is 0 Å². The first-order valence-corrected chi connectivity index (χ1v) is 6.04. The third kappa shape index (κ3) is 2.68. The summed E-state index contributed by atoms with van der Waals surface area (Å²) in [5.74, 6) is 0.510. The van der Waals surface area contributed by atoms with Crippen molar-refractivity contribution in [3.63, 3.8) is 0 Å². The quantitative estimate of drug-likeness (QED) is 0.833. The third-order valence-electron chi connectivity index (χ3n) is 2.28. The van der Waals surface area contributed by atoms with Crippen LogP contribution in [0.4, 0.5) is 17.2 Å². The Hall–Kier alpha value is -1.33. The molecule has 0 saturated carbocycles. The highest BCUT2D eigenvalue weighted by Crippen LogP contribution is 2.28. The third-order valence-corrected chi connectivity index (χ3v) is 3.07. The summed E-state index contributed by atoms with van der Waals surface area (Å²) in [5.41, 5.74) is 8.13. The molecule has 4 nitrogen and oxygen atoms in total. The highest BCUT2D eigenvalue weighted by molar-refractivity contribution is 9.10. The molecule has 0 radical (unpaired) electrons. The second-order valence-electron chi connectivity index (χ2n) is 3.51. The molecule has 1 heterocycles. The summed E-state index contributed by atoms with van der Waals surface area (Å²) in [6.45, 7) is 1.99. The number of aromatic nitrogens is 2. The van der Waals surface area contributed by atoms with Gasteiger partial charge in [-0.3, -0.25) is 0 Å². The summed E-state index contributed by atoms with van der Waals surface area (Å²) in [6, 6.07) is 5.88. The lowest BCUT2D eigenvalue weighted by atomic mass is 10.2. The monoisotopic (exact) mass is 312 g/mol. The van der Waals surface area contributed by atoms with E-state index in [1.54, 1.807) is 0 Å². The van der Waals surface area contributed by atoms with Crippen molar-refractivity contribution < 1.29 is 0 Å². The van der Waals surface area contributed by atoms with E-state index < -0.39 is 0 Å². The Bertz CT molecular complexity index is 559. The van der Waals surface area contributed by atoms with Gasteiger partial charge in [0.2, 0.25) is 0 Å². The first kappa shape index (κ1) is 12.1. The van der Waals surface area contributed by atoms with E-state index in [1.165, 1.54) is 6.33 Å². The standard InChI is InChI=1S/C11H10BrClN4/c1-6-4-7(12)2-3-8(6)17-11-9(14)10(13)15-5-16-11/h2-5H,14H2,1H3,(H,15,16,17). The molecule has 3 N–H and O–H groups in total. The van der Waals surface area contributed by atoms with E-state index in [-0.39, 0.29) is 5.15 Å². The van der Waals surface area contributed by atoms with Crippen LogP contribution >= 0.6 is 27.5 Å². The van der Waals surface area contributed by atoms with Crippen molar-refractivity contribution in [1.82, 2.24) is 9.97 Å². The average Bonchev–Trinajstić information content (AvgIpc) is 2.28. The molecule has 0 aliphatic carbocycles. The molecule has 6 heteroatoms. The predicted octanol–water partition coefficient (Wildman–Crippen LogP) is 3.53. The molecule has 88 valence electrons. The number of aryl methyl sites for hydroxylation is 1. The zero-order valence-electron chi connectivity index (χ0n) is 9.04. The Kier molecular flexibility index (Phi) is 3.49. The number of anilines is 3. The molecule has 2 aromatic rings. The van der Waals surface area contributed by atoms with Gasteiger partial charge >= 0.3 is 0 Å². The van der Waals surface area contributed by atoms with Crippen LogP contribution < -0.4 is 11.1 Å². The van der Waals surface area contributed by atoms with Gasteiger partial charge in [-0.25, -0.2) is 9.97 Å². The van der Waals surface area contributed by atoms with E-state index in [4.69, 9.17) is 17.3 Å². The van der Waals surface area contributed by atoms with Crippen LogP contribution in [0.2, 0.25) is 5.15 Å². The number of nitrogens with two attached hydrogens (primary N) is 1. The van der Waals surface area contributed by atoms with Crippen molar-refractivity contribution in [3.8, 4) is 0 Å². The van der Waals surface area contributed by atoms with Crippen LogP contribution in [0.1, 0.15) is 5.56 Å². The number of hydrogen-bond donors (Lipinski definition) is 2. The molecule has 1 aromatic carbocycles. The lowest BCUT2D eigenvalue weighted by molar-refractivity contribution is 1.17. The van der Waals surface area contributed by atoms with Gasteiger partial charge in [0.05, 0.1) is 0 Å². The van der Waals surface area contributed by atoms with Gasteiger partial charge in [-0.15, -0.1) is 0 Å². The fourth-order valence-corrected chi connectivity index (χ4v) is 1.98. The second kappa shape index (κ2) is 4.89. The Morgan fingerprint density at radius 1 is 1.35 bits per heavy atom. The van der Waals surface area contributed by atoms with Crippen LogP contribution in [0.25, 0.3) is 0 Å². The fourth-order valence-electron chi connectivity index (χ4n) is 1.37. The Balaban J connectivity index is 2.35. The van der Waals surface area contributed by atoms with Crippen molar-refractivity contribution in [1.29, 1.82) is 0 Å². The van der Waals surface area contributed by atoms with Crippen LogP contribution in [0.3, 0.4) is 0 Å². The van der Waals surface area contributed by atoms with Gasteiger partial charge in [0.1, 0.15) is 12.0 Å². The van der Waals surface area contributed by atoms with Gasteiger partial charge in [-0.05, 0) is 30.7 Å². The van der Waals surface area contributed by atoms with Gasteiger partial charge in [0.25, 0.3) is 0 Å². The van der Waals surface area contributed by atoms with E-state index in [0.29, 0.717) is 11.5 Å². The first-order valence-electron chi connectivity index (χ1n) is 4.87. The molecule has 1 aromatic heterocycles. The molecule has 0 bridgehead atoms. The minimum atomic E-state index is 0.247. The number of rotatable bonds is 2. The lowest BCUT2D eigenvalue weighted by Gasteiger charge is -2.11. The highest BCUT2D eigenvalue weighted by atomic mass is 79.9. The van der Waals surface area contributed by atoms with Gasteiger partial charge < -0.3 is 11.1 Å². The molecule has 0 unspecified atom stereocenters.